The van der Waals surface area contributed by atoms with Gasteiger partial charge in [0.15, 0.2) is 6.19 Å². The van der Waals surface area contributed by atoms with Crippen LogP contribution in [0.4, 0.5) is 5.69 Å². The smallest absolute Gasteiger partial charge is 0.328 e. The highest BCUT2D eigenvalue weighted by molar-refractivity contribution is 5.99. The van der Waals surface area contributed by atoms with Crippen LogP contribution in [0.15, 0.2) is 59.6 Å². The lowest BCUT2D eigenvalue weighted by molar-refractivity contribution is -0.147. The number of nitriles is 1. The Labute approximate surface area is 198 Å². The number of nitrogens with zero attached hydrogens (tertiary/aromatic N) is 2. The lowest BCUT2D eigenvalue weighted by atomic mass is 10.1. The van der Waals surface area contributed by atoms with Crippen molar-refractivity contribution in [1.82, 2.24) is 16.0 Å². The van der Waals surface area contributed by atoms with Gasteiger partial charge in [0.1, 0.15) is 6.04 Å². The second kappa shape index (κ2) is 13.9. The second-order valence-electron chi connectivity index (χ2n) is 7.01. The van der Waals surface area contributed by atoms with E-state index in [-0.39, 0.29) is 25.5 Å². The molecule has 0 aliphatic heterocycles. The maximum absolute atomic E-state index is 12.5. The zero-order chi connectivity index (χ0) is 24.8. The van der Waals surface area contributed by atoms with Crippen molar-refractivity contribution in [3.63, 3.8) is 0 Å². The van der Waals surface area contributed by atoms with Crippen LogP contribution in [-0.2, 0) is 20.7 Å². The normalized spacial score (nSPS) is 11.5. The van der Waals surface area contributed by atoms with Crippen molar-refractivity contribution in [2.45, 2.75) is 26.3 Å². The van der Waals surface area contributed by atoms with Crippen molar-refractivity contribution in [1.29, 1.82) is 5.26 Å². The van der Waals surface area contributed by atoms with Crippen molar-refractivity contribution in [2.75, 3.05) is 25.0 Å². The average Bonchev–Trinajstić information content (AvgIpc) is 2.83. The molecule has 34 heavy (non-hydrogen) atoms. The van der Waals surface area contributed by atoms with E-state index in [0.717, 1.165) is 5.56 Å². The van der Waals surface area contributed by atoms with E-state index in [1.807, 2.05) is 37.3 Å². The predicted molar refractivity (Wildman–Crippen MR) is 128 cm³/mol. The number of guanidine groups is 1. The zero-order valence-corrected chi connectivity index (χ0v) is 19.1. The van der Waals surface area contributed by atoms with Gasteiger partial charge in [-0.05, 0) is 37.6 Å². The van der Waals surface area contributed by atoms with E-state index in [2.05, 4.69) is 26.3 Å². The summed E-state index contributed by atoms with van der Waals surface area (Å²) >= 11 is 0. The quantitative estimate of drug-likeness (QED) is 0.137. The number of benzene rings is 2. The molecule has 1 atom stereocenters. The molecule has 2 aromatic rings. The number of esters is 1. The highest BCUT2D eigenvalue weighted by Crippen LogP contribution is 2.11. The minimum atomic E-state index is -0.872. The summed E-state index contributed by atoms with van der Waals surface area (Å²) in [5, 5.41) is 19.3. The molecule has 0 spiro atoms. The molecule has 2 aromatic carbocycles. The minimum Gasteiger partial charge on any atom is -0.464 e. The van der Waals surface area contributed by atoms with Crippen LogP contribution in [0.1, 0.15) is 29.8 Å². The summed E-state index contributed by atoms with van der Waals surface area (Å²) in [6, 6.07) is 14.9. The Bertz CT molecular complexity index is 1050. The van der Waals surface area contributed by atoms with Gasteiger partial charge in [0.05, 0.1) is 13.2 Å². The monoisotopic (exact) mass is 464 g/mol. The Hall–Kier alpha value is -4.39. The van der Waals surface area contributed by atoms with Crippen LogP contribution in [-0.4, -0.2) is 49.5 Å². The molecule has 178 valence electrons. The molecular formula is C24H28N6O4. The minimum absolute atomic E-state index is 0.190. The molecule has 0 aliphatic carbocycles. The Morgan fingerprint density at radius 2 is 1.85 bits per heavy atom. The molecule has 0 saturated carbocycles. The standard InChI is InChI=1S/C24H28N6O4/c1-3-26-24(28-16-25)29-19-12-8-11-18(14-19)22(32)27-15-21(31)30-20(23(33)34-4-2)13-17-9-6-5-7-10-17/h5-12,14,20H,3-4,13,15H2,1-2H3,(H,27,32)(H,30,31)(H2,26,28,29). The van der Waals surface area contributed by atoms with Crippen molar-refractivity contribution < 1.29 is 19.1 Å². The maximum Gasteiger partial charge on any atom is 0.328 e. The van der Waals surface area contributed by atoms with E-state index in [1.165, 1.54) is 0 Å². The third-order valence-corrected chi connectivity index (χ3v) is 4.48. The molecule has 0 saturated heterocycles. The van der Waals surface area contributed by atoms with Gasteiger partial charge >= 0.3 is 5.97 Å². The summed E-state index contributed by atoms with van der Waals surface area (Å²) in [4.78, 5) is 41.4. The van der Waals surface area contributed by atoms with E-state index in [0.29, 0.717) is 17.8 Å². The molecule has 0 radical (unpaired) electrons. The Morgan fingerprint density at radius 3 is 2.53 bits per heavy atom. The topological polar surface area (TPSA) is 145 Å². The van der Waals surface area contributed by atoms with E-state index in [1.54, 1.807) is 37.4 Å². The zero-order valence-electron chi connectivity index (χ0n) is 19.1. The lowest BCUT2D eigenvalue weighted by Gasteiger charge is -2.17. The van der Waals surface area contributed by atoms with Gasteiger partial charge in [-0.3, -0.25) is 19.9 Å². The van der Waals surface area contributed by atoms with Gasteiger partial charge in [-0.2, -0.15) is 5.26 Å². The predicted octanol–water partition coefficient (Wildman–Crippen LogP) is 1.57. The number of hydrogen-bond acceptors (Lipinski definition) is 6. The SMILES string of the molecule is CCN=C(NC#N)Nc1cccc(C(=O)NCC(=O)NC(Cc2ccccc2)C(=O)OCC)c1. The van der Waals surface area contributed by atoms with Gasteiger partial charge in [-0.25, -0.2) is 4.79 Å². The van der Waals surface area contributed by atoms with Crippen molar-refractivity contribution >= 4 is 29.4 Å². The lowest BCUT2D eigenvalue weighted by Crippen LogP contribution is -2.47. The van der Waals surface area contributed by atoms with Gasteiger partial charge < -0.3 is 20.7 Å². The molecule has 10 nitrogen and oxygen atoms in total. The number of carbonyl (C=O) groups excluding carboxylic acids is 3. The first-order chi connectivity index (χ1) is 16.5. The fourth-order valence-corrected chi connectivity index (χ4v) is 2.99. The first-order valence-electron chi connectivity index (χ1n) is 10.8. The van der Waals surface area contributed by atoms with E-state index < -0.39 is 23.8 Å². The summed E-state index contributed by atoms with van der Waals surface area (Å²) in [5.41, 5.74) is 1.71. The number of carbonyl (C=O) groups is 3. The molecule has 4 N–H and O–H groups in total. The van der Waals surface area contributed by atoms with Crippen molar-refractivity contribution in [3.05, 3.63) is 65.7 Å². The molecule has 10 heteroatoms. The van der Waals surface area contributed by atoms with Gasteiger partial charge in [0.2, 0.25) is 11.9 Å². The molecule has 0 bridgehead atoms. The summed E-state index contributed by atoms with van der Waals surface area (Å²) in [7, 11) is 0. The molecule has 0 fully saturated rings. The van der Waals surface area contributed by atoms with Crippen LogP contribution in [0.3, 0.4) is 0 Å². The summed E-state index contributed by atoms with van der Waals surface area (Å²) in [5.74, 6) is -1.28. The third-order valence-electron chi connectivity index (χ3n) is 4.48. The second-order valence-corrected chi connectivity index (χ2v) is 7.01. The molecule has 0 aromatic heterocycles. The van der Waals surface area contributed by atoms with Crippen molar-refractivity contribution in [3.8, 4) is 6.19 Å². The Balaban J connectivity index is 1.97. The Morgan fingerprint density at radius 1 is 1.09 bits per heavy atom. The molecule has 0 heterocycles. The molecule has 2 amide bonds. The van der Waals surface area contributed by atoms with Gasteiger partial charge in [-0.1, -0.05) is 36.4 Å². The summed E-state index contributed by atoms with van der Waals surface area (Å²) < 4.78 is 5.07. The largest absolute Gasteiger partial charge is 0.464 e. The fraction of sp³-hybridized carbons (Fsp3) is 0.292. The number of aliphatic imine (C=N–C) groups is 1. The van der Waals surface area contributed by atoms with Crippen LogP contribution in [0.5, 0.6) is 0 Å². The van der Waals surface area contributed by atoms with Crippen LogP contribution >= 0.6 is 0 Å². The van der Waals surface area contributed by atoms with Crippen LogP contribution in [0.25, 0.3) is 0 Å². The summed E-state index contributed by atoms with van der Waals surface area (Å²) in [6.07, 6.45) is 2.06. The number of hydrogen-bond donors (Lipinski definition) is 4. The van der Waals surface area contributed by atoms with Crippen LogP contribution in [0, 0.1) is 11.5 Å². The first kappa shape index (κ1) is 25.9. The van der Waals surface area contributed by atoms with E-state index in [4.69, 9.17) is 10.00 Å². The number of nitrogens with one attached hydrogen (secondary N) is 4. The van der Waals surface area contributed by atoms with Crippen LogP contribution < -0.4 is 21.3 Å². The number of anilines is 1. The number of amides is 2. The molecule has 2 rings (SSSR count). The summed E-state index contributed by atoms with van der Waals surface area (Å²) in [6.45, 7) is 3.84. The van der Waals surface area contributed by atoms with E-state index >= 15 is 0 Å². The maximum atomic E-state index is 12.5. The highest BCUT2D eigenvalue weighted by atomic mass is 16.5. The first-order valence-corrected chi connectivity index (χ1v) is 10.8. The molecule has 0 aliphatic rings. The highest BCUT2D eigenvalue weighted by Gasteiger charge is 2.22. The fourth-order valence-electron chi connectivity index (χ4n) is 2.99. The number of rotatable bonds is 10. The van der Waals surface area contributed by atoms with E-state index in [9.17, 15) is 14.4 Å². The third kappa shape index (κ3) is 8.63. The van der Waals surface area contributed by atoms with Crippen LogP contribution in [0.2, 0.25) is 0 Å². The van der Waals surface area contributed by atoms with Gasteiger partial charge in [0, 0.05) is 24.2 Å². The van der Waals surface area contributed by atoms with Crippen molar-refractivity contribution in [2.24, 2.45) is 4.99 Å². The number of ether oxygens (including phenoxy) is 1. The van der Waals surface area contributed by atoms with Gasteiger partial charge in [-0.15, -0.1) is 0 Å². The molecular weight excluding hydrogens is 436 g/mol. The Kier molecular flexibility index (Phi) is 10.6. The van der Waals surface area contributed by atoms with Gasteiger partial charge in [0.25, 0.3) is 5.91 Å². The molecule has 1 unspecified atom stereocenters. The average molecular weight is 465 g/mol.